The van der Waals surface area contributed by atoms with Crippen molar-refractivity contribution in [2.45, 2.75) is 37.8 Å². The molecule has 5 N–H and O–H groups in total. The molecule has 10 nitrogen and oxygen atoms in total. The number of benzene rings is 1. The highest BCUT2D eigenvalue weighted by molar-refractivity contribution is 6.02. The van der Waals surface area contributed by atoms with E-state index in [1.54, 1.807) is 12.1 Å². The average molecular weight is 458 g/mol. The number of ether oxygens (including phenoxy) is 2. The second-order valence-electron chi connectivity index (χ2n) is 8.46. The monoisotopic (exact) mass is 457 g/mol. The fourth-order valence-corrected chi connectivity index (χ4v) is 4.45. The van der Waals surface area contributed by atoms with E-state index in [0.717, 1.165) is 25.7 Å². The molecule has 1 aliphatic carbocycles. The Hall–Kier alpha value is -3.18. The molecule has 1 amide bonds. The fourth-order valence-electron chi connectivity index (χ4n) is 4.45. The van der Waals surface area contributed by atoms with Crippen LogP contribution in [0.3, 0.4) is 0 Å². The Bertz CT molecular complexity index is 1030. The Morgan fingerprint density at radius 1 is 1.18 bits per heavy atom. The lowest BCUT2D eigenvalue weighted by Crippen LogP contribution is -2.43. The zero-order chi connectivity index (χ0) is 22.8. The number of nitrogens with zero attached hydrogens (tertiary/aromatic N) is 3. The molecule has 11 heteroatoms. The molecule has 33 heavy (non-hydrogen) atoms. The lowest BCUT2D eigenvalue weighted by Gasteiger charge is -2.30. The van der Waals surface area contributed by atoms with Gasteiger partial charge in [0.25, 0.3) is 5.91 Å². The van der Waals surface area contributed by atoms with Crippen LogP contribution in [0.2, 0.25) is 0 Å². The van der Waals surface area contributed by atoms with Gasteiger partial charge >= 0.3 is 0 Å². The van der Waals surface area contributed by atoms with Gasteiger partial charge in [0.05, 0.1) is 18.9 Å². The summed E-state index contributed by atoms with van der Waals surface area (Å²) in [6.07, 6.45) is 4.03. The van der Waals surface area contributed by atoms with Crippen LogP contribution < -0.4 is 31.3 Å². The molecular formula is C22H28FN7O3. The standard InChI is InChI=1S/C22H28FN7O3/c23-14-11-13(5-6-17(14)30-7-9-32-10-8-30)26-19-18-20(31)25-12-33-21(18)29-22(28-19)27-16-4-2-1-3-15(16)24/h5-6,11,15-16H,1-4,7-10,12,24H2,(H,25,31)(H2,26,27,28,29)/t15-,16+/m0/s1. The van der Waals surface area contributed by atoms with E-state index in [1.807, 2.05) is 4.90 Å². The maximum atomic E-state index is 14.9. The molecule has 3 heterocycles. The minimum atomic E-state index is -0.364. The predicted octanol–water partition coefficient (Wildman–Crippen LogP) is 1.96. The first-order chi connectivity index (χ1) is 16.1. The van der Waals surface area contributed by atoms with Crippen LogP contribution in [0, 0.1) is 5.82 Å². The van der Waals surface area contributed by atoms with Crippen molar-refractivity contribution in [3.05, 3.63) is 29.6 Å². The van der Waals surface area contributed by atoms with E-state index in [1.165, 1.54) is 6.07 Å². The summed E-state index contributed by atoms with van der Waals surface area (Å²) in [6, 6.07) is 4.90. The number of morpholine rings is 1. The number of hydrogen-bond donors (Lipinski definition) is 4. The summed E-state index contributed by atoms with van der Waals surface area (Å²) in [5.41, 5.74) is 7.42. The highest BCUT2D eigenvalue weighted by atomic mass is 19.1. The Kier molecular flexibility index (Phi) is 6.14. The molecule has 2 atom stereocenters. The van der Waals surface area contributed by atoms with Gasteiger partial charge in [0, 0.05) is 30.9 Å². The molecule has 1 saturated heterocycles. The molecule has 176 valence electrons. The molecular weight excluding hydrogens is 429 g/mol. The van der Waals surface area contributed by atoms with Gasteiger partial charge in [-0.1, -0.05) is 12.8 Å². The molecule has 0 unspecified atom stereocenters. The van der Waals surface area contributed by atoms with Gasteiger partial charge in [0.1, 0.15) is 11.4 Å². The van der Waals surface area contributed by atoms with Crippen molar-refractivity contribution < 1.29 is 18.7 Å². The Balaban J connectivity index is 1.42. The number of rotatable bonds is 5. The fraction of sp³-hybridized carbons (Fsp3) is 0.500. The van der Waals surface area contributed by atoms with Crippen molar-refractivity contribution in [1.29, 1.82) is 0 Å². The SMILES string of the molecule is N[C@H]1CCCC[C@H]1Nc1nc(Nc2ccc(N3CCOCC3)c(F)c2)c2c(n1)OCNC2=O. The lowest BCUT2D eigenvalue weighted by molar-refractivity contribution is 0.0879. The number of hydrogen-bond acceptors (Lipinski definition) is 9. The molecule has 3 aliphatic rings. The van der Waals surface area contributed by atoms with Gasteiger partial charge in [-0.2, -0.15) is 9.97 Å². The highest BCUT2D eigenvalue weighted by Gasteiger charge is 2.28. The predicted molar refractivity (Wildman–Crippen MR) is 122 cm³/mol. The normalized spacial score (nSPS) is 22.7. The van der Waals surface area contributed by atoms with Gasteiger partial charge in [-0.25, -0.2) is 4.39 Å². The van der Waals surface area contributed by atoms with Crippen molar-refractivity contribution in [1.82, 2.24) is 15.3 Å². The molecule has 2 aromatic rings. The molecule has 1 saturated carbocycles. The maximum Gasteiger partial charge on any atom is 0.263 e. The molecule has 0 bridgehead atoms. The maximum absolute atomic E-state index is 14.9. The van der Waals surface area contributed by atoms with E-state index in [-0.39, 0.29) is 47.8 Å². The average Bonchev–Trinajstić information content (AvgIpc) is 2.81. The van der Waals surface area contributed by atoms with Gasteiger partial charge < -0.3 is 36.1 Å². The van der Waals surface area contributed by atoms with Crippen molar-refractivity contribution in [3.8, 4) is 5.88 Å². The van der Waals surface area contributed by atoms with Gasteiger partial charge in [-0.3, -0.25) is 4.79 Å². The number of carbonyl (C=O) groups is 1. The van der Waals surface area contributed by atoms with E-state index in [9.17, 15) is 9.18 Å². The summed E-state index contributed by atoms with van der Waals surface area (Å²) < 4.78 is 25.8. The lowest BCUT2D eigenvalue weighted by atomic mass is 9.91. The highest BCUT2D eigenvalue weighted by Crippen LogP contribution is 2.32. The van der Waals surface area contributed by atoms with Crippen LogP contribution in [-0.4, -0.2) is 61.0 Å². The number of aromatic nitrogens is 2. The van der Waals surface area contributed by atoms with Crippen molar-refractivity contribution >= 4 is 29.0 Å². The summed E-state index contributed by atoms with van der Waals surface area (Å²) in [6.45, 7) is 2.44. The third kappa shape index (κ3) is 4.64. The first kappa shape index (κ1) is 21.7. The smallest absolute Gasteiger partial charge is 0.263 e. The van der Waals surface area contributed by atoms with Crippen molar-refractivity contribution in [2.24, 2.45) is 5.73 Å². The minimum Gasteiger partial charge on any atom is -0.456 e. The number of anilines is 4. The first-order valence-corrected chi connectivity index (χ1v) is 11.3. The first-order valence-electron chi connectivity index (χ1n) is 11.3. The van der Waals surface area contributed by atoms with E-state index < -0.39 is 0 Å². The summed E-state index contributed by atoms with van der Waals surface area (Å²) in [5, 5.41) is 8.99. The Morgan fingerprint density at radius 2 is 2.00 bits per heavy atom. The summed E-state index contributed by atoms with van der Waals surface area (Å²) in [7, 11) is 0. The van der Waals surface area contributed by atoms with E-state index in [0.29, 0.717) is 43.6 Å². The molecule has 0 radical (unpaired) electrons. The van der Waals surface area contributed by atoms with Crippen molar-refractivity contribution in [3.63, 3.8) is 0 Å². The summed E-state index contributed by atoms with van der Waals surface area (Å²) in [5.74, 6) is 0.0111. The number of halogens is 1. The van der Waals surface area contributed by atoms with Crippen LogP contribution in [0.1, 0.15) is 36.0 Å². The molecule has 2 aliphatic heterocycles. The third-order valence-electron chi connectivity index (χ3n) is 6.24. The van der Waals surface area contributed by atoms with E-state index in [2.05, 4.69) is 25.9 Å². The van der Waals surface area contributed by atoms with Crippen LogP contribution in [0.4, 0.5) is 27.5 Å². The largest absolute Gasteiger partial charge is 0.456 e. The zero-order valence-corrected chi connectivity index (χ0v) is 18.3. The van der Waals surface area contributed by atoms with E-state index in [4.69, 9.17) is 15.2 Å². The van der Waals surface area contributed by atoms with Crippen LogP contribution >= 0.6 is 0 Å². The van der Waals surface area contributed by atoms with Crippen LogP contribution in [-0.2, 0) is 4.74 Å². The number of nitrogens with one attached hydrogen (secondary N) is 3. The number of amides is 1. The van der Waals surface area contributed by atoms with Crippen LogP contribution in [0.25, 0.3) is 0 Å². The quantitative estimate of drug-likeness (QED) is 0.533. The Morgan fingerprint density at radius 3 is 2.79 bits per heavy atom. The molecule has 1 aromatic carbocycles. The van der Waals surface area contributed by atoms with Crippen molar-refractivity contribution in [2.75, 3.05) is 48.6 Å². The summed E-state index contributed by atoms with van der Waals surface area (Å²) in [4.78, 5) is 23.4. The minimum absolute atomic E-state index is 0.000774. The zero-order valence-electron chi connectivity index (χ0n) is 18.3. The van der Waals surface area contributed by atoms with Gasteiger partial charge in [-0.15, -0.1) is 0 Å². The Labute approximate surface area is 191 Å². The topological polar surface area (TPSA) is 127 Å². The number of nitrogens with two attached hydrogens (primary N) is 1. The van der Waals surface area contributed by atoms with Gasteiger partial charge in [0.2, 0.25) is 11.8 Å². The second-order valence-corrected chi connectivity index (χ2v) is 8.46. The number of carbonyl (C=O) groups excluding carboxylic acids is 1. The molecule has 5 rings (SSSR count). The molecule has 0 spiro atoms. The second kappa shape index (κ2) is 9.36. The van der Waals surface area contributed by atoms with Crippen LogP contribution in [0.15, 0.2) is 18.2 Å². The third-order valence-corrected chi connectivity index (χ3v) is 6.24. The van der Waals surface area contributed by atoms with Gasteiger partial charge in [0.15, 0.2) is 12.5 Å². The molecule has 1 aromatic heterocycles. The summed E-state index contributed by atoms with van der Waals surface area (Å²) >= 11 is 0. The van der Waals surface area contributed by atoms with Crippen LogP contribution in [0.5, 0.6) is 5.88 Å². The number of fused-ring (bicyclic) bond motifs is 1. The molecule has 2 fully saturated rings. The van der Waals surface area contributed by atoms with Gasteiger partial charge in [-0.05, 0) is 31.0 Å². The van der Waals surface area contributed by atoms with E-state index >= 15 is 0 Å².